The van der Waals surface area contributed by atoms with Gasteiger partial charge in [0.25, 0.3) is 0 Å². The van der Waals surface area contributed by atoms with Crippen molar-refractivity contribution in [2.24, 2.45) is 0 Å². The van der Waals surface area contributed by atoms with Crippen LogP contribution in [0.25, 0.3) is 0 Å². The van der Waals surface area contributed by atoms with Crippen molar-refractivity contribution in [1.82, 2.24) is 0 Å². The normalized spacial score (nSPS) is 16.0. The van der Waals surface area contributed by atoms with Gasteiger partial charge in [0.1, 0.15) is 0 Å². The van der Waals surface area contributed by atoms with Crippen molar-refractivity contribution in [2.45, 2.75) is 44.9 Å². The highest BCUT2D eigenvalue weighted by molar-refractivity contribution is 5.66. The topological polar surface area (TPSA) is 12.0 Å². The molecule has 2 aromatic rings. The molecule has 0 saturated heterocycles. The smallest absolute Gasteiger partial charge is 0.0416 e. The summed E-state index contributed by atoms with van der Waals surface area (Å²) in [5.74, 6) is 0. The van der Waals surface area contributed by atoms with Crippen molar-refractivity contribution in [2.75, 3.05) is 5.32 Å². The van der Waals surface area contributed by atoms with Crippen molar-refractivity contribution in [1.29, 1.82) is 0 Å². The lowest BCUT2D eigenvalue weighted by Crippen LogP contribution is -2.01. The van der Waals surface area contributed by atoms with Crippen LogP contribution in [-0.2, 0) is 12.8 Å². The Balaban J connectivity index is 1.93. The highest BCUT2D eigenvalue weighted by Crippen LogP contribution is 2.27. The van der Waals surface area contributed by atoms with E-state index in [-0.39, 0.29) is 0 Å². The fourth-order valence-corrected chi connectivity index (χ4v) is 3.03. The third kappa shape index (κ3) is 3.22. The Morgan fingerprint density at radius 1 is 0.550 bits per heavy atom. The van der Waals surface area contributed by atoms with Crippen molar-refractivity contribution >= 4 is 11.4 Å². The molecule has 0 atom stereocenters. The van der Waals surface area contributed by atoms with Gasteiger partial charge >= 0.3 is 0 Å². The lowest BCUT2D eigenvalue weighted by molar-refractivity contribution is 0.613. The Hall–Kier alpha value is -1.76. The molecule has 1 heteroatoms. The van der Waals surface area contributed by atoms with Gasteiger partial charge in [-0.15, -0.1) is 0 Å². The summed E-state index contributed by atoms with van der Waals surface area (Å²) in [5.41, 5.74) is 5.45. The van der Waals surface area contributed by atoms with Crippen LogP contribution in [0.2, 0.25) is 0 Å². The second kappa shape index (κ2) is 6.60. The average molecular weight is 265 g/mol. The highest BCUT2D eigenvalue weighted by atomic mass is 14.9. The van der Waals surface area contributed by atoms with Crippen LogP contribution in [0.5, 0.6) is 0 Å². The monoisotopic (exact) mass is 265 g/mol. The summed E-state index contributed by atoms with van der Waals surface area (Å²) >= 11 is 0. The Morgan fingerprint density at radius 2 is 1.00 bits per heavy atom. The van der Waals surface area contributed by atoms with Crippen LogP contribution in [0.1, 0.15) is 43.2 Å². The van der Waals surface area contributed by atoms with Gasteiger partial charge < -0.3 is 5.32 Å². The molecule has 0 aromatic heterocycles. The molecule has 1 nitrogen and oxygen atoms in total. The zero-order valence-corrected chi connectivity index (χ0v) is 12.1. The molecule has 1 N–H and O–H groups in total. The summed E-state index contributed by atoms with van der Waals surface area (Å²) in [6.45, 7) is 0. The van der Waals surface area contributed by atoms with Crippen molar-refractivity contribution in [3.8, 4) is 0 Å². The molecular formula is C19H23N. The summed E-state index contributed by atoms with van der Waals surface area (Å²) in [6.07, 6.45) is 9.07. The van der Waals surface area contributed by atoms with Crippen LogP contribution in [0, 0.1) is 0 Å². The van der Waals surface area contributed by atoms with Crippen molar-refractivity contribution in [3.63, 3.8) is 0 Å². The predicted octanol–water partition coefficient (Wildman–Crippen LogP) is 5.48. The summed E-state index contributed by atoms with van der Waals surface area (Å²) in [6, 6.07) is 17.5. The highest BCUT2D eigenvalue weighted by Gasteiger charge is 2.07. The molecule has 2 aromatic carbocycles. The number of benzene rings is 2. The number of nitrogens with one attached hydrogen (secondary N) is 1. The van der Waals surface area contributed by atoms with Crippen LogP contribution < -0.4 is 5.32 Å². The number of hydrogen-bond donors (Lipinski definition) is 1. The SMILES string of the molecule is c1ccc2c(c1)CCCCCCCc1ccccc1N2. The molecule has 1 aliphatic heterocycles. The van der Waals surface area contributed by atoms with Crippen molar-refractivity contribution < 1.29 is 0 Å². The first-order chi connectivity index (χ1) is 9.93. The number of hydrogen-bond acceptors (Lipinski definition) is 1. The lowest BCUT2D eigenvalue weighted by Gasteiger charge is -2.16. The summed E-state index contributed by atoms with van der Waals surface area (Å²) in [4.78, 5) is 0. The van der Waals surface area contributed by atoms with Crippen molar-refractivity contribution in [3.05, 3.63) is 59.7 Å². The quantitative estimate of drug-likeness (QED) is 0.665. The fraction of sp³-hybridized carbons (Fsp3) is 0.368. The minimum Gasteiger partial charge on any atom is -0.355 e. The minimum absolute atomic E-state index is 1.19. The first-order valence-corrected chi connectivity index (χ1v) is 7.86. The standard InChI is InChI=1S/C19H23N/c1-2-4-10-16-12-6-8-14-18(16)20-19-15-9-7-13-17(19)11-5-3-1/h6-9,12-15,20H,1-5,10-11H2. The maximum atomic E-state index is 3.66. The van der Waals surface area contributed by atoms with Gasteiger partial charge in [-0.1, -0.05) is 55.7 Å². The molecule has 1 heterocycles. The van der Waals surface area contributed by atoms with Crippen LogP contribution in [-0.4, -0.2) is 0 Å². The van der Waals surface area contributed by atoms with E-state index in [1.54, 1.807) is 0 Å². The fourth-order valence-electron chi connectivity index (χ4n) is 3.03. The molecule has 0 amide bonds. The van der Waals surface area contributed by atoms with Crippen LogP contribution >= 0.6 is 0 Å². The van der Waals surface area contributed by atoms with E-state index in [9.17, 15) is 0 Å². The summed E-state index contributed by atoms with van der Waals surface area (Å²) < 4.78 is 0. The molecule has 0 bridgehead atoms. The van der Waals surface area contributed by atoms with E-state index in [1.807, 2.05) is 0 Å². The van der Waals surface area contributed by atoms with E-state index < -0.39 is 0 Å². The first-order valence-electron chi connectivity index (χ1n) is 7.86. The van der Waals surface area contributed by atoms with Gasteiger partial charge in [-0.25, -0.2) is 0 Å². The Kier molecular flexibility index (Phi) is 4.37. The third-order valence-corrected chi connectivity index (χ3v) is 4.20. The zero-order valence-electron chi connectivity index (χ0n) is 12.1. The van der Waals surface area contributed by atoms with Crippen LogP contribution in [0.4, 0.5) is 11.4 Å². The van der Waals surface area contributed by atoms with E-state index in [0.29, 0.717) is 0 Å². The maximum absolute atomic E-state index is 3.66. The second-order valence-corrected chi connectivity index (χ2v) is 5.71. The molecule has 0 unspecified atom stereocenters. The molecule has 0 saturated carbocycles. The van der Waals surface area contributed by atoms with E-state index in [1.165, 1.54) is 67.4 Å². The van der Waals surface area contributed by atoms with Gasteiger partial charge in [-0.05, 0) is 48.9 Å². The number of fused-ring (bicyclic) bond motifs is 2. The van der Waals surface area contributed by atoms with Gasteiger partial charge in [0.2, 0.25) is 0 Å². The van der Waals surface area contributed by atoms with Crippen LogP contribution in [0.3, 0.4) is 0 Å². The van der Waals surface area contributed by atoms with Gasteiger partial charge in [-0.2, -0.15) is 0 Å². The Labute approximate surface area is 122 Å². The molecule has 0 aliphatic carbocycles. The molecular weight excluding hydrogens is 242 g/mol. The molecule has 0 spiro atoms. The van der Waals surface area contributed by atoms with E-state index in [2.05, 4.69) is 53.8 Å². The molecule has 1 aliphatic rings. The van der Waals surface area contributed by atoms with Crippen LogP contribution in [0.15, 0.2) is 48.5 Å². The number of aryl methyl sites for hydroxylation is 2. The van der Waals surface area contributed by atoms with E-state index in [0.717, 1.165) is 0 Å². The van der Waals surface area contributed by atoms with E-state index >= 15 is 0 Å². The summed E-state index contributed by atoms with van der Waals surface area (Å²) in [5, 5.41) is 3.66. The van der Waals surface area contributed by atoms with Gasteiger partial charge in [0, 0.05) is 11.4 Å². The number of anilines is 2. The molecule has 20 heavy (non-hydrogen) atoms. The van der Waals surface area contributed by atoms with E-state index in [4.69, 9.17) is 0 Å². The maximum Gasteiger partial charge on any atom is 0.0416 e. The first kappa shape index (κ1) is 13.2. The molecule has 0 radical (unpaired) electrons. The minimum atomic E-state index is 1.19. The molecule has 3 rings (SSSR count). The number of rotatable bonds is 0. The van der Waals surface area contributed by atoms with Gasteiger partial charge in [0.15, 0.2) is 0 Å². The number of para-hydroxylation sites is 2. The Morgan fingerprint density at radius 3 is 1.55 bits per heavy atom. The third-order valence-electron chi connectivity index (χ3n) is 4.20. The molecule has 104 valence electrons. The molecule has 0 fully saturated rings. The zero-order chi connectivity index (χ0) is 13.6. The Bertz CT molecular complexity index is 510. The van der Waals surface area contributed by atoms with Gasteiger partial charge in [0.05, 0.1) is 0 Å². The van der Waals surface area contributed by atoms with Gasteiger partial charge in [-0.3, -0.25) is 0 Å². The largest absolute Gasteiger partial charge is 0.355 e. The second-order valence-electron chi connectivity index (χ2n) is 5.71. The predicted molar refractivity (Wildman–Crippen MR) is 86.7 cm³/mol. The lowest BCUT2D eigenvalue weighted by atomic mass is 9.99. The summed E-state index contributed by atoms with van der Waals surface area (Å²) in [7, 11) is 0. The average Bonchev–Trinajstić information content (AvgIpc) is 2.48.